The molecule has 130 valence electrons. The molecule has 3 rings (SSSR count). The Bertz CT molecular complexity index is 817. The zero-order chi connectivity index (χ0) is 18.0. The highest BCUT2D eigenvalue weighted by atomic mass is 19.1. The molecule has 0 spiro atoms. The first kappa shape index (κ1) is 17.1. The van der Waals surface area contributed by atoms with Crippen LogP contribution in [0.1, 0.15) is 35.3 Å². The first-order chi connectivity index (χ1) is 11.9. The van der Waals surface area contributed by atoms with Gasteiger partial charge in [-0.2, -0.15) is 0 Å². The molecule has 0 bridgehead atoms. The van der Waals surface area contributed by atoms with Crippen LogP contribution in [0.15, 0.2) is 42.5 Å². The van der Waals surface area contributed by atoms with E-state index in [0.29, 0.717) is 24.6 Å². The van der Waals surface area contributed by atoms with E-state index in [1.54, 1.807) is 35.2 Å². The number of hydrogen-bond acceptors (Lipinski definition) is 2. The molecule has 2 aromatic carbocycles. The number of halogens is 1. The highest BCUT2D eigenvalue weighted by molar-refractivity contribution is 6.03. The molecule has 0 atom stereocenters. The third kappa shape index (κ3) is 3.87. The van der Waals surface area contributed by atoms with E-state index in [0.717, 1.165) is 16.8 Å². The van der Waals surface area contributed by atoms with Crippen molar-refractivity contribution >= 4 is 17.5 Å². The Morgan fingerprint density at radius 1 is 1.24 bits per heavy atom. The molecule has 1 heterocycles. The van der Waals surface area contributed by atoms with Crippen LogP contribution in [0.25, 0.3) is 0 Å². The monoisotopic (exact) mass is 340 g/mol. The lowest BCUT2D eigenvalue weighted by Gasteiger charge is -2.18. The topological polar surface area (TPSA) is 49.4 Å². The fraction of sp³-hybridized carbons (Fsp3) is 0.300. The largest absolute Gasteiger partial charge is 0.352 e. The Hall–Kier alpha value is -2.69. The molecule has 0 fully saturated rings. The van der Waals surface area contributed by atoms with Crippen LogP contribution in [0, 0.1) is 11.7 Å². The molecule has 2 aromatic rings. The van der Waals surface area contributed by atoms with Crippen molar-refractivity contribution in [3.05, 3.63) is 65.0 Å². The van der Waals surface area contributed by atoms with E-state index in [9.17, 15) is 14.0 Å². The van der Waals surface area contributed by atoms with Crippen LogP contribution in [-0.2, 0) is 17.8 Å². The smallest absolute Gasteiger partial charge is 0.251 e. The fourth-order valence-electron chi connectivity index (χ4n) is 2.91. The zero-order valence-corrected chi connectivity index (χ0v) is 14.4. The Morgan fingerprint density at radius 3 is 2.76 bits per heavy atom. The van der Waals surface area contributed by atoms with E-state index < -0.39 is 0 Å². The average molecular weight is 340 g/mol. The molecule has 1 N–H and O–H groups in total. The summed E-state index contributed by atoms with van der Waals surface area (Å²) in [6.07, 6.45) is 0.260. The van der Waals surface area contributed by atoms with Gasteiger partial charge in [-0.15, -0.1) is 0 Å². The van der Waals surface area contributed by atoms with Crippen LogP contribution in [0.5, 0.6) is 0 Å². The molecule has 0 saturated heterocycles. The van der Waals surface area contributed by atoms with E-state index in [2.05, 4.69) is 5.32 Å². The number of amides is 2. The maximum absolute atomic E-state index is 13.4. The second-order valence-corrected chi connectivity index (χ2v) is 6.73. The van der Waals surface area contributed by atoms with Gasteiger partial charge in [0, 0.05) is 17.8 Å². The lowest BCUT2D eigenvalue weighted by molar-refractivity contribution is -0.117. The first-order valence-corrected chi connectivity index (χ1v) is 8.40. The van der Waals surface area contributed by atoms with Crippen LogP contribution in [0.3, 0.4) is 0 Å². The molecule has 4 nitrogen and oxygen atoms in total. The summed E-state index contributed by atoms with van der Waals surface area (Å²) in [4.78, 5) is 26.2. The number of nitrogens with zero attached hydrogens (tertiary/aromatic N) is 1. The molecule has 2 amide bonds. The highest BCUT2D eigenvalue weighted by Gasteiger charge is 2.28. The van der Waals surface area contributed by atoms with E-state index >= 15 is 0 Å². The molecule has 1 aliphatic heterocycles. The lowest BCUT2D eigenvalue weighted by Crippen LogP contribution is -2.27. The van der Waals surface area contributed by atoms with Crippen molar-refractivity contribution in [3.63, 3.8) is 0 Å². The van der Waals surface area contributed by atoms with Crippen LogP contribution >= 0.6 is 0 Å². The van der Waals surface area contributed by atoms with Gasteiger partial charge in [0.1, 0.15) is 5.82 Å². The van der Waals surface area contributed by atoms with Crippen LogP contribution in [-0.4, -0.2) is 18.4 Å². The Kier molecular flexibility index (Phi) is 4.83. The van der Waals surface area contributed by atoms with Gasteiger partial charge in [-0.1, -0.05) is 26.0 Å². The standard InChI is InChI=1S/C20H21FN2O2/c1-13(2)11-22-20(25)15-6-7-18-16(9-15)10-19(24)23(18)12-14-4-3-5-17(21)8-14/h3-9,13H,10-12H2,1-2H3,(H,22,25). The number of anilines is 1. The minimum absolute atomic E-state index is 0.0426. The number of rotatable bonds is 5. The van der Waals surface area contributed by atoms with Gasteiger partial charge >= 0.3 is 0 Å². The highest BCUT2D eigenvalue weighted by Crippen LogP contribution is 2.31. The molecule has 1 aliphatic rings. The number of benzene rings is 2. The summed E-state index contributed by atoms with van der Waals surface area (Å²) in [7, 11) is 0. The third-order valence-corrected chi connectivity index (χ3v) is 4.18. The Labute approximate surface area is 146 Å². The SMILES string of the molecule is CC(C)CNC(=O)c1ccc2c(c1)CC(=O)N2Cc1cccc(F)c1. The van der Waals surface area contributed by atoms with E-state index in [-0.39, 0.29) is 24.1 Å². The number of carbonyl (C=O) groups excluding carboxylic acids is 2. The zero-order valence-electron chi connectivity index (χ0n) is 14.4. The van der Waals surface area contributed by atoms with Gasteiger partial charge in [-0.05, 0) is 47.4 Å². The second-order valence-electron chi connectivity index (χ2n) is 6.73. The quantitative estimate of drug-likeness (QED) is 0.908. The van der Waals surface area contributed by atoms with Crippen molar-refractivity contribution in [2.45, 2.75) is 26.8 Å². The number of hydrogen-bond donors (Lipinski definition) is 1. The van der Waals surface area contributed by atoms with Crippen LogP contribution < -0.4 is 10.2 Å². The molecule has 0 radical (unpaired) electrons. The van der Waals surface area contributed by atoms with Crippen molar-refractivity contribution in [2.24, 2.45) is 5.92 Å². The second kappa shape index (κ2) is 7.05. The van der Waals surface area contributed by atoms with Gasteiger partial charge in [-0.3, -0.25) is 9.59 Å². The lowest BCUT2D eigenvalue weighted by atomic mass is 10.1. The van der Waals surface area contributed by atoms with Gasteiger partial charge in [-0.25, -0.2) is 4.39 Å². The van der Waals surface area contributed by atoms with E-state index in [4.69, 9.17) is 0 Å². The summed E-state index contributed by atoms with van der Waals surface area (Å²) in [6.45, 7) is 5.00. The number of nitrogens with one attached hydrogen (secondary N) is 1. The summed E-state index contributed by atoms with van der Waals surface area (Å²) >= 11 is 0. The summed E-state index contributed by atoms with van der Waals surface area (Å²) in [6, 6.07) is 11.5. The normalized spacial score (nSPS) is 13.3. The maximum atomic E-state index is 13.4. The van der Waals surface area contributed by atoms with Gasteiger partial charge in [0.05, 0.1) is 13.0 Å². The summed E-state index contributed by atoms with van der Waals surface area (Å²) in [5, 5.41) is 2.88. The summed E-state index contributed by atoms with van der Waals surface area (Å²) < 4.78 is 13.4. The van der Waals surface area contributed by atoms with Gasteiger partial charge < -0.3 is 10.2 Å². The van der Waals surface area contributed by atoms with Crippen molar-refractivity contribution in [1.82, 2.24) is 5.32 Å². The van der Waals surface area contributed by atoms with Gasteiger partial charge in [0.25, 0.3) is 5.91 Å². The molecular formula is C20H21FN2O2. The van der Waals surface area contributed by atoms with Crippen molar-refractivity contribution in [1.29, 1.82) is 0 Å². The Balaban J connectivity index is 1.79. The number of carbonyl (C=O) groups is 2. The van der Waals surface area contributed by atoms with E-state index in [1.165, 1.54) is 12.1 Å². The predicted octanol–water partition coefficient (Wildman–Crippen LogP) is 3.30. The fourth-order valence-corrected chi connectivity index (χ4v) is 2.91. The van der Waals surface area contributed by atoms with Crippen molar-refractivity contribution in [2.75, 3.05) is 11.4 Å². The molecule has 5 heteroatoms. The van der Waals surface area contributed by atoms with Crippen molar-refractivity contribution in [3.8, 4) is 0 Å². The molecule has 0 aliphatic carbocycles. The minimum Gasteiger partial charge on any atom is -0.352 e. The number of fused-ring (bicyclic) bond motifs is 1. The molecular weight excluding hydrogens is 319 g/mol. The van der Waals surface area contributed by atoms with Gasteiger partial charge in [0.2, 0.25) is 5.91 Å². The summed E-state index contributed by atoms with van der Waals surface area (Å²) in [5.74, 6) is -0.116. The van der Waals surface area contributed by atoms with Crippen LogP contribution in [0.4, 0.5) is 10.1 Å². The third-order valence-electron chi connectivity index (χ3n) is 4.18. The minimum atomic E-state index is -0.318. The Morgan fingerprint density at radius 2 is 2.04 bits per heavy atom. The molecule has 0 aromatic heterocycles. The van der Waals surface area contributed by atoms with Gasteiger partial charge in [0.15, 0.2) is 0 Å². The van der Waals surface area contributed by atoms with Crippen LogP contribution in [0.2, 0.25) is 0 Å². The summed E-state index contributed by atoms with van der Waals surface area (Å²) in [5.41, 5.74) is 2.91. The van der Waals surface area contributed by atoms with Crippen molar-refractivity contribution < 1.29 is 14.0 Å². The average Bonchev–Trinajstić information content (AvgIpc) is 2.87. The molecule has 25 heavy (non-hydrogen) atoms. The first-order valence-electron chi connectivity index (χ1n) is 8.40. The molecule has 0 unspecified atom stereocenters. The maximum Gasteiger partial charge on any atom is 0.251 e. The molecule has 0 saturated carbocycles. The predicted molar refractivity (Wildman–Crippen MR) is 94.9 cm³/mol. The van der Waals surface area contributed by atoms with E-state index in [1.807, 2.05) is 13.8 Å².